The Hall–Kier alpha value is -3.62. The number of ether oxygens (including phenoxy) is 1. The van der Waals surface area contributed by atoms with Crippen LogP contribution in [0.25, 0.3) is 0 Å². The molecule has 0 spiro atoms. The molecule has 24 heavy (non-hydrogen) atoms. The van der Waals surface area contributed by atoms with Gasteiger partial charge in [0.1, 0.15) is 0 Å². The lowest BCUT2D eigenvalue weighted by Crippen LogP contribution is -2.19. The summed E-state index contributed by atoms with van der Waals surface area (Å²) in [4.78, 5) is 22.1. The van der Waals surface area contributed by atoms with Gasteiger partial charge in [-0.3, -0.25) is 14.9 Å². The number of nitrogen functional groups attached to an aromatic ring is 1. The van der Waals surface area contributed by atoms with Crippen LogP contribution in [0.2, 0.25) is 0 Å². The van der Waals surface area contributed by atoms with E-state index in [0.29, 0.717) is 5.69 Å². The minimum Gasteiger partial charge on any atom is -0.500 e. The summed E-state index contributed by atoms with van der Waals surface area (Å²) in [5, 5.41) is 24.3. The van der Waals surface area contributed by atoms with E-state index >= 15 is 0 Å². The van der Waals surface area contributed by atoms with Gasteiger partial charge < -0.3 is 15.6 Å². The normalized spacial score (nSPS) is 10.5. The van der Waals surface area contributed by atoms with Crippen LogP contribution >= 0.6 is 0 Å². The number of rotatable bonds is 5. The summed E-state index contributed by atoms with van der Waals surface area (Å²) < 4.78 is 4.87. The third-order valence-corrected chi connectivity index (χ3v) is 3.08. The Kier molecular flexibility index (Phi) is 4.95. The predicted octanol–water partition coefficient (Wildman–Crippen LogP) is 1.66. The number of methoxy groups -OCH3 is 1. The number of anilines is 1. The number of hydrazone groups is 1. The molecule has 0 fully saturated rings. The summed E-state index contributed by atoms with van der Waals surface area (Å²) in [6, 6.07) is 8.90. The van der Waals surface area contributed by atoms with Gasteiger partial charge in [-0.05, 0) is 18.2 Å². The van der Waals surface area contributed by atoms with Gasteiger partial charge in [0.25, 0.3) is 5.91 Å². The molecule has 0 aromatic heterocycles. The van der Waals surface area contributed by atoms with Crippen LogP contribution in [-0.2, 0) is 0 Å². The first-order chi connectivity index (χ1) is 11.4. The molecule has 9 heteroatoms. The van der Waals surface area contributed by atoms with Crippen molar-refractivity contribution >= 4 is 23.5 Å². The quantitative estimate of drug-likeness (QED) is 0.329. The van der Waals surface area contributed by atoms with Crippen LogP contribution in [0.5, 0.6) is 11.5 Å². The Morgan fingerprint density at radius 1 is 1.42 bits per heavy atom. The average molecular weight is 330 g/mol. The maximum atomic E-state index is 11.9. The molecule has 2 aromatic rings. The van der Waals surface area contributed by atoms with Crippen molar-refractivity contribution in [3.63, 3.8) is 0 Å². The van der Waals surface area contributed by atoms with Crippen molar-refractivity contribution in [2.45, 2.75) is 0 Å². The molecule has 0 heterocycles. The number of phenols is 1. The fourth-order valence-electron chi connectivity index (χ4n) is 1.91. The van der Waals surface area contributed by atoms with Crippen molar-refractivity contribution in [2.24, 2.45) is 5.10 Å². The van der Waals surface area contributed by atoms with Gasteiger partial charge in [-0.15, -0.1) is 0 Å². The summed E-state index contributed by atoms with van der Waals surface area (Å²) in [5.74, 6) is -1.19. The van der Waals surface area contributed by atoms with E-state index in [0.717, 1.165) is 6.07 Å². The number of nitrogens with zero attached hydrogens (tertiary/aromatic N) is 2. The maximum absolute atomic E-state index is 11.9. The van der Waals surface area contributed by atoms with Crippen molar-refractivity contribution in [1.29, 1.82) is 0 Å². The molecule has 0 atom stereocenters. The Morgan fingerprint density at radius 2 is 2.12 bits per heavy atom. The molecule has 0 unspecified atom stereocenters. The van der Waals surface area contributed by atoms with Crippen molar-refractivity contribution < 1.29 is 19.6 Å². The van der Waals surface area contributed by atoms with E-state index in [9.17, 15) is 20.0 Å². The number of benzene rings is 2. The average Bonchev–Trinajstić information content (AvgIpc) is 2.56. The van der Waals surface area contributed by atoms with Crippen molar-refractivity contribution in [3.8, 4) is 11.5 Å². The highest BCUT2D eigenvalue weighted by molar-refractivity contribution is 5.99. The van der Waals surface area contributed by atoms with Gasteiger partial charge in [0.15, 0.2) is 5.75 Å². The van der Waals surface area contributed by atoms with Gasteiger partial charge in [-0.25, -0.2) is 5.43 Å². The smallest absolute Gasteiger partial charge is 0.315 e. The first kappa shape index (κ1) is 16.7. The van der Waals surface area contributed by atoms with Gasteiger partial charge in [0.05, 0.1) is 23.8 Å². The molecule has 4 N–H and O–H groups in total. The zero-order valence-electron chi connectivity index (χ0n) is 12.6. The summed E-state index contributed by atoms with van der Waals surface area (Å²) in [5.41, 5.74) is 8.23. The molecule has 1 amide bonds. The number of para-hydroxylation sites is 1. The van der Waals surface area contributed by atoms with E-state index in [1.54, 1.807) is 18.2 Å². The molecular weight excluding hydrogens is 316 g/mol. The summed E-state index contributed by atoms with van der Waals surface area (Å²) in [7, 11) is 1.26. The van der Waals surface area contributed by atoms with E-state index in [1.807, 2.05) is 0 Å². The number of amides is 1. The second-order valence-electron chi connectivity index (χ2n) is 4.63. The molecule has 0 saturated carbocycles. The fourth-order valence-corrected chi connectivity index (χ4v) is 1.91. The van der Waals surface area contributed by atoms with Gasteiger partial charge in [-0.2, -0.15) is 5.10 Å². The molecule has 0 radical (unpaired) electrons. The van der Waals surface area contributed by atoms with Crippen molar-refractivity contribution in [1.82, 2.24) is 5.43 Å². The van der Waals surface area contributed by atoms with Crippen molar-refractivity contribution in [2.75, 3.05) is 12.8 Å². The number of hydrogen-bond acceptors (Lipinski definition) is 7. The van der Waals surface area contributed by atoms with Crippen LogP contribution in [0.1, 0.15) is 15.9 Å². The number of nitro groups is 1. The number of phenolic OH excluding ortho intramolecular Hbond substituents is 1. The van der Waals surface area contributed by atoms with E-state index in [-0.39, 0.29) is 16.9 Å². The Bertz CT molecular complexity index is 820. The molecule has 0 saturated heterocycles. The molecule has 9 nitrogen and oxygen atoms in total. The molecule has 2 rings (SSSR count). The Labute approximate surface area is 136 Å². The third-order valence-electron chi connectivity index (χ3n) is 3.08. The number of nitro benzene ring substituents is 1. The Balaban J connectivity index is 2.20. The number of nitrogens with one attached hydrogen (secondary N) is 1. The van der Waals surface area contributed by atoms with Crippen LogP contribution in [0.3, 0.4) is 0 Å². The van der Waals surface area contributed by atoms with E-state index in [1.165, 1.54) is 25.5 Å². The lowest BCUT2D eigenvalue weighted by atomic mass is 10.2. The van der Waals surface area contributed by atoms with Crippen molar-refractivity contribution in [3.05, 3.63) is 57.6 Å². The van der Waals surface area contributed by atoms with Gasteiger partial charge in [0.2, 0.25) is 5.75 Å². The molecule has 0 aliphatic heterocycles. The lowest BCUT2D eigenvalue weighted by Gasteiger charge is -2.05. The molecule has 0 aliphatic carbocycles. The van der Waals surface area contributed by atoms with Crippen LogP contribution in [0.15, 0.2) is 41.5 Å². The van der Waals surface area contributed by atoms with Crippen LogP contribution in [0, 0.1) is 10.1 Å². The number of carbonyl (C=O) groups is 1. The summed E-state index contributed by atoms with van der Waals surface area (Å²) in [6.07, 6.45) is 1.19. The second kappa shape index (κ2) is 7.09. The van der Waals surface area contributed by atoms with Crippen LogP contribution < -0.4 is 15.9 Å². The molecule has 124 valence electrons. The van der Waals surface area contributed by atoms with Gasteiger partial charge >= 0.3 is 5.69 Å². The first-order valence-electron chi connectivity index (χ1n) is 6.67. The summed E-state index contributed by atoms with van der Waals surface area (Å²) >= 11 is 0. The second-order valence-corrected chi connectivity index (χ2v) is 4.63. The zero-order chi connectivity index (χ0) is 17.7. The molecule has 0 aliphatic rings. The minimum atomic E-state index is -0.752. The van der Waals surface area contributed by atoms with Crippen LogP contribution in [-0.4, -0.2) is 29.3 Å². The lowest BCUT2D eigenvalue weighted by molar-refractivity contribution is -0.386. The molecule has 0 bridgehead atoms. The predicted molar refractivity (Wildman–Crippen MR) is 87.2 cm³/mol. The maximum Gasteiger partial charge on any atom is 0.315 e. The standard InChI is InChI=1S/C15H14N4O5/c1-24-13-7-9(6-12(14(13)20)19(22)23)8-17-18-15(21)10-4-2-3-5-11(10)16/h2-8,20H,16H2,1H3,(H,18,21). The van der Waals surface area contributed by atoms with Gasteiger partial charge in [-0.1, -0.05) is 12.1 Å². The fraction of sp³-hybridized carbons (Fsp3) is 0.0667. The van der Waals surface area contributed by atoms with E-state index < -0.39 is 22.3 Å². The third kappa shape index (κ3) is 3.58. The molecule has 2 aromatic carbocycles. The summed E-state index contributed by atoms with van der Waals surface area (Å²) in [6.45, 7) is 0. The van der Waals surface area contributed by atoms with E-state index in [2.05, 4.69) is 10.5 Å². The van der Waals surface area contributed by atoms with E-state index in [4.69, 9.17) is 10.5 Å². The number of nitrogens with two attached hydrogens (primary N) is 1. The highest BCUT2D eigenvalue weighted by Gasteiger charge is 2.19. The number of carbonyl (C=O) groups excluding carboxylic acids is 1. The first-order valence-corrected chi connectivity index (χ1v) is 6.67. The highest BCUT2D eigenvalue weighted by atomic mass is 16.6. The highest BCUT2D eigenvalue weighted by Crippen LogP contribution is 2.36. The number of aromatic hydroxyl groups is 1. The largest absolute Gasteiger partial charge is 0.500 e. The SMILES string of the molecule is COc1cc(C=NNC(=O)c2ccccc2N)cc([N+](=O)[O-])c1O. The number of hydrogen-bond donors (Lipinski definition) is 3. The Morgan fingerprint density at radius 3 is 2.75 bits per heavy atom. The minimum absolute atomic E-state index is 0.0794. The molecular formula is C15H14N4O5. The monoisotopic (exact) mass is 330 g/mol. The zero-order valence-corrected chi connectivity index (χ0v) is 12.6. The topological polar surface area (TPSA) is 140 Å². The van der Waals surface area contributed by atoms with Gasteiger partial charge in [0, 0.05) is 17.3 Å². The van der Waals surface area contributed by atoms with Crippen LogP contribution in [0.4, 0.5) is 11.4 Å².